The largest absolute Gasteiger partial charge is 0.492 e. The molecule has 1 aromatic rings. The molecule has 0 saturated heterocycles. The van der Waals surface area contributed by atoms with Crippen molar-refractivity contribution in [3.63, 3.8) is 0 Å². The molecule has 0 fully saturated rings. The molecule has 0 amide bonds. The van der Waals surface area contributed by atoms with Crippen LogP contribution in [0.5, 0.6) is 5.75 Å². The molecule has 4 heteroatoms. The number of likely N-dealkylation sites (N-methyl/N-ethyl adjacent to an activating group) is 1. The molecular formula is C15H21NO3. The molecule has 0 atom stereocenters. The molecule has 1 rings (SSSR count). The maximum Gasteiger partial charge on any atom is 0.328 e. The number of carboxylic acid groups (broad SMARTS) is 1. The summed E-state index contributed by atoms with van der Waals surface area (Å²) in [6.45, 7) is 7.81. The molecule has 0 saturated carbocycles. The van der Waals surface area contributed by atoms with Gasteiger partial charge >= 0.3 is 5.97 Å². The van der Waals surface area contributed by atoms with Crippen molar-refractivity contribution in [3.8, 4) is 5.75 Å². The summed E-state index contributed by atoms with van der Waals surface area (Å²) in [5.74, 6) is -0.187. The Hall–Kier alpha value is -1.81. The predicted octanol–water partition coefficient (Wildman–Crippen LogP) is 2.50. The average molecular weight is 263 g/mol. The lowest BCUT2D eigenvalue weighted by Gasteiger charge is -2.18. The summed E-state index contributed by atoms with van der Waals surface area (Å²) in [4.78, 5) is 12.7. The third-order valence-electron chi connectivity index (χ3n) is 2.85. The fourth-order valence-electron chi connectivity index (χ4n) is 1.71. The van der Waals surface area contributed by atoms with Crippen LogP contribution in [0.15, 0.2) is 30.3 Å². The normalized spacial score (nSPS) is 11.1. The summed E-state index contributed by atoms with van der Waals surface area (Å²) in [7, 11) is 0. The van der Waals surface area contributed by atoms with Gasteiger partial charge in [0.05, 0.1) is 0 Å². The van der Waals surface area contributed by atoms with E-state index in [9.17, 15) is 4.79 Å². The van der Waals surface area contributed by atoms with Gasteiger partial charge in [0.15, 0.2) is 0 Å². The van der Waals surface area contributed by atoms with Crippen molar-refractivity contribution >= 4 is 12.0 Å². The molecule has 1 N–H and O–H groups in total. The lowest BCUT2D eigenvalue weighted by molar-refractivity contribution is -0.131. The van der Waals surface area contributed by atoms with Crippen molar-refractivity contribution in [2.75, 3.05) is 26.2 Å². The fraction of sp³-hybridized carbons (Fsp3) is 0.400. The van der Waals surface area contributed by atoms with Crippen molar-refractivity contribution in [1.29, 1.82) is 0 Å². The standard InChI is InChI=1S/C15H21NO3/c1-3-16(4-2)10-11-19-14-7-5-6-13(12-14)8-9-15(17)18/h5-9,12H,3-4,10-11H2,1-2H3,(H,17,18). The van der Waals surface area contributed by atoms with Gasteiger partial charge in [0.2, 0.25) is 0 Å². The Morgan fingerprint density at radius 1 is 1.37 bits per heavy atom. The first-order valence-corrected chi connectivity index (χ1v) is 6.52. The zero-order chi connectivity index (χ0) is 14.1. The van der Waals surface area contributed by atoms with Gasteiger partial charge < -0.3 is 14.7 Å². The summed E-state index contributed by atoms with van der Waals surface area (Å²) < 4.78 is 5.66. The van der Waals surface area contributed by atoms with Crippen LogP contribution < -0.4 is 4.74 Å². The van der Waals surface area contributed by atoms with Crippen LogP contribution >= 0.6 is 0 Å². The average Bonchev–Trinajstić information content (AvgIpc) is 2.42. The second-order valence-electron chi connectivity index (χ2n) is 4.12. The van der Waals surface area contributed by atoms with Crippen LogP contribution in [0.3, 0.4) is 0 Å². The number of ether oxygens (including phenoxy) is 1. The predicted molar refractivity (Wildman–Crippen MR) is 76.4 cm³/mol. The summed E-state index contributed by atoms with van der Waals surface area (Å²) in [5, 5.41) is 8.58. The van der Waals surface area contributed by atoms with E-state index in [4.69, 9.17) is 9.84 Å². The summed E-state index contributed by atoms with van der Waals surface area (Å²) in [6, 6.07) is 7.41. The number of hydrogen-bond donors (Lipinski definition) is 1. The zero-order valence-electron chi connectivity index (χ0n) is 11.5. The number of hydrogen-bond acceptors (Lipinski definition) is 3. The Bertz CT molecular complexity index is 425. The van der Waals surface area contributed by atoms with E-state index >= 15 is 0 Å². The molecule has 0 spiro atoms. The van der Waals surface area contributed by atoms with E-state index in [1.807, 2.05) is 24.3 Å². The smallest absolute Gasteiger partial charge is 0.328 e. The van der Waals surface area contributed by atoms with E-state index < -0.39 is 5.97 Å². The Kier molecular flexibility index (Phi) is 6.68. The van der Waals surface area contributed by atoms with E-state index in [1.165, 1.54) is 0 Å². The minimum Gasteiger partial charge on any atom is -0.492 e. The molecule has 4 nitrogen and oxygen atoms in total. The van der Waals surface area contributed by atoms with Crippen LogP contribution in [0.4, 0.5) is 0 Å². The van der Waals surface area contributed by atoms with Crippen molar-refractivity contribution in [3.05, 3.63) is 35.9 Å². The van der Waals surface area contributed by atoms with Gasteiger partial charge in [-0.2, -0.15) is 0 Å². The molecule has 0 aromatic heterocycles. The molecule has 0 bridgehead atoms. The second kappa shape index (κ2) is 8.32. The number of rotatable bonds is 8. The first-order chi connectivity index (χ1) is 9.15. The van der Waals surface area contributed by atoms with Gasteiger partial charge in [-0.1, -0.05) is 26.0 Å². The van der Waals surface area contributed by atoms with Crippen LogP contribution in [0.2, 0.25) is 0 Å². The third kappa shape index (κ3) is 6.06. The van der Waals surface area contributed by atoms with Gasteiger partial charge in [-0.05, 0) is 36.9 Å². The number of benzene rings is 1. The van der Waals surface area contributed by atoms with Gasteiger partial charge in [0.25, 0.3) is 0 Å². The highest BCUT2D eigenvalue weighted by atomic mass is 16.5. The van der Waals surface area contributed by atoms with Crippen LogP contribution in [0.25, 0.3) is 6.08 Å². The molecule has 1 aromatic carbocycles. The minimum absolute atomic E-state index is 0.633. The number of carbonyl (C=O) groups is 1. The maximum atomic E-state index is 10.4. The molecule has 0 aliphatic heterocycles. The van der Waals surface area contributed by atoms with Gasteiger partial charge in [0.1, 0.15) is 12.4 Å². The highest BCUT2D eigenvalue weighted by Crippen LogP contribution is 2.14. The van der Waals surface area contributed by atoms with E-state index in [1.54, 1.807) is 6.08 Å². The van der Waals surface area contributed by atoms with E-state index in [2.05, 4.69) is 18.7 Å². The van der Waals surface area contributed by atoms with Crippen LogP contribution in [-0.2, 0) is 4.79 Å². The van der Waals surface area contributed by atoms with Gasteiger partial charge in [0, 0.05) is 12.6 Å². The highest BCUT2D eigenvalue weighted by Gasteiger charge is 2.00. The molecule has 19 heavy (non-hydrogen) atoms. The summed E-state index contributed by atoms with van der Waals surface area (Å²) in [5.41, 5.74) is 0.822. The van der Waals surface area contributed by atoms with E-state index in [0.29, 0.717) is 6.61 Å². The van der Waals surface area contributed by atoms with Crippen molar-refractivity contribution < 1.29 is 14.6 Å². The van der Waals surface area contributed by atoms with Gasteiger partial charge in [-0.25, -0.2) is 4.79 Å². The van der Waals surface area contributed by atoms with Crippen molar-refractivity contribution in [2.24, 2.45) is 0 Å². The fourth-order valence-corrected chi connectivity index (χ4v) is 1.71. The maximum absolute atomic E-state index is 10.4. The Morgan fingerprint density at radius 3 is 2.74 bits per heavy atom. The lowest BCUT2D eigenvalue weighted by Crippen LogP contribution is -2.27. The Labute approximate surface area is 114 Å². The van der Waals surface area contributed by atoms with E-state index in [0.717, 1.165) is 37.0 Å². The van der Waals surface area contributed by atoms with Crippen LogP contribution in [0.1, 0.15) is 19.4 Å². The van der Waals surface area contributed by atoms with Crippen molar-refractivity contribution in [1.82, 2.24) is 4.90 Å². The Morgan fingerprint density at radius 2 is 2.11 bits per heavy atom. The van der Waals surface area contributed by atoms with Gasteiger partial charge in [-0.15, -0.1) is 0 Å². The molecule has 0 radical (unpaired) electrons. The summed E-state index contributed by atoms with van der Waals surface area (Å²) in [6.07, 6.45) is 2.68. The van der Waals surface area contributed by atoms with Crippen LogP contribution in [0, 0.1) is 0 Å². The minimum atomic E-state index is -0.951. The highest BCUT2D eigenvalue weighted by molar-refractivity contribution is 5.85. The molecule has 0 unspecified atom stereocenters. The SMILES string of the molecule is CCN(CC)CCOc1cccc(C=CC(=O)O)c1. The molecule has 0 aliphatic rings. The number of carboxylic acids is 1. The molecular weight excluding hydrogens is 242 g/mol. The first-order valence-electron chi connectivity index (χ1n) is 6.52. The molecule has 0 heterocycles. The molecule has 104 valence electrons. The topological polar surface area (TPSA) is 49.8 Å². The van der Waals surface area contributed by atoms with E-state index in [-0.39, 0.29) is 0 Å². The second-order valence-corrected chi connectivity index (χ2v) is 4.12. The zero-order valence-corrected chi connectivity index (χ0v) is 11.5. The lowest BCUT2D eigenvalue weighted by atomic mass is 10.2. The van der Waals surface area contributed by atoms with Crippen molar-refractivity contribution in [2.45, 2.75) is 13.8 Å². The Balaban J connectivity index is 2.50. The third-order valence-corrected chi connectivity index (χ3v) is 2.85. The number of nitrogens with zero attached hydrogens (tertiary/aromatic N) is 1. The van der Waals surface area contributed by atoms with Crippen LogP contribution in [-0.4, -0.2) is 42.2 Å². The quantitative estimate of drug-likeness (QED) is 0.732. The summed E-state index contributed by atoms with van der Waals surface area (Å²) >= 11 is 0. The molecule has 0 aliphatic carbocycles. The monoisotopic (exact) mass is 263 g/mol. The number of aliphatic carboxylic acids is 1. The first kappa shape index (κ1) is 15.2. The van der Waals surface area contributed by atoms with Gasteiger partial charge in [-0.3, -0.25) is 0 Å².